The van der Waals surface area contributed by atoms with Gasteiger partial charge in [0.15, 0.2) is 0 Å². The number of halogens is 3. The minimum absolute atomic E-state index is 0.0171. The molecule has 1 aliphatic rings. The summed E-state index contributed by atoms with van der Waals surface area (Å²) in [5.41, 5.74) is -0.0197. The van der Waals surface area contributed by atoms with Crippen molar-refractivity contribution in [1.82, 2.24) is 5.32 Å². The van der Waals surface area contributed by atoms with Crippen molar-refractivity contribution in [3.05, 3.63) is 70.8 Å². The van der Waals surface area contributed by atoms with Crippen LogP contribution in [-0.2, 0) is 19.0 Å². The van der Waals surface area contributed by atoms with Crippen LogP contribution in [0.25, 0.3) is 0 Å². The highest BCUT2D eigenvalue weighted by atomic mass is 19.4. The summed E-state index contributed by atoms with van der Waals surface area (Å²) in [5.74, 6) is -0.634. The molecule has 3 rings (SSSR count). The topological polar surface area (TPSA) is 49.3 Å². The Hall–Kier alpha value is -2.34. The molecule has 1 amide bonds. The van der Waals surface area contributed by atoms with Gasteiger partial charge in [-0.05, 0) is 29.3 Å². The number of benzene rings is 2. The molecule has 6 heteroatoms. The number of carbonyl (C=O) groups is 1. The minimum atomic E-state index is -4.50. The van der Waals surface area contributed by atoms with E-state index in [0.29, 0.717) is 12.8 Å². The molecule has 2 aromatic carbocycles. The van der Waals surface area contributed by atoms with Crippen LogP contribution in [-0.4, -0.2) is 23.2 Å². The molecule has 0 bridgehead atoms. The maximum atomic E-state index is 12.7. The monoisotopic (exact) mass is 335 g/mol. The predicted octanol–water partition coefficient (Wildman–Crippen LogP) is 2.97. The normalized spacial score (nSPS) is 15.8. The van der Waals surface area contributed by atoms with E-state index in [1.807, 2.05) is 24.3 Å². The summed E-state index contributed by atoms with van der Waals surface area (Å²) >= 11 is 0. The maximum absolute atomic E-state index is 12.7. The van der Waals surface area contributed by atoms with Gasteiger partial charge in [-0.25, -0.2) is 0 Å². The number of alkyl halides is 3. The second-order valence-corrected chi connectivity index (χ2v) is 6.11. The summed E-state index contributed by atoms with van der Waals surface area (Å²) in [4.78, 5) is 12.1. The summed E-state index contributed by atoms with van der Waals surface area (Å²) in [6.07, 6.45) is -3.68. The van der Waals surface area contributed by atoms with Gasteiger partial charge < -0.3 is 10.4 Å². The molecule has 1 aliphatic carbocycles. The van der Waals surface area contributed by atoms with Crippen LogP contribution in [0.2, 0.25) is 0 Å². The number of carbonyl (C=O) groups excluding carboxylic acids is 1. The van der Waals surface area contributed by atoms with Crippen LogP contribution < -0.4 is 5.32 Å². The van der Waals surface area contributed by atoms with Crippen LogP contribution in [0.4, 0.5) is 13.2 Å². The van der Waals surface area contributed by atoms with Crippen molar-refractivity contribution in [3.63, 3.8) is 0 Å². The molecule has 24 heavy (non-hydrogen) atoms. The van der Waals surface area contributed by atoms with Gasteiger partial charge in [0.2, 0.25) is 0 Å². The van der Waals surface area contributed by atoms with Gasteiger partial charge in [0, 0.05) is 24.9 Å². The van der Waals surface area contributed by atoms with Crippen molar-refractivity contribution in [1.29, 1.82) is 0 Å². The average molecular weight is 335 g/mol. The Morgan fingerprint density at radius 1 is 1.08 bits per heavy atom. The van der Waals surface area contributed by atoms with Crippen molar-refractivity contribution < 1.29 is 23.1 Å². The summed E-state index contributed by atoms with van der Waals surface area (Å²) < 4.78 is 38.1. The zero-order chi connectivity index (χ0) is 17.4. The van der Waals surface area contributed by atoms with Gasteiger partial charge in [-0.2, -0.15) is 13.2 Å². The Kier molecular flexibility index (Phi) is 4.09. The molecule has 2 aromatic rings. The van der Waals surface area contributed by atoms with E-state index < -0.39 is 23.2 Å². The first-order valence-corrected chi connectivity index (χ1v) is 7.51. The van der Waals surface area contributed by atoms with E-state index in [9.17, 15) is 23.1 Å². The molecule has 0 aliphatic heterocycles. The van der Waals surface area contributed by atoms with E-state index in [1.165, 1.54) is 12.1 Å². The number of rotatable bonds is 3. The van der Waals surface area contributed by atoms with E-state index in [4.69, 9.17) is 0 Å². The SMILES string of the molecule is O=C(NCC1(O)Cc2ccccc2C1)c1cccc(C(F)(F)F)c1. The van der Waals surface area contributed by atoms with Crippen molar-refractivity contribution in [2.45, 2.75) is 24.6 Å². The molecule has 0 unspecified atom stereocenters. The molecule has 0 spiro atoms. The highest BCUT2D eigenvalue weighted by molar-refractivity contribution is 5.94. The van der Waals surface area contributed by atoms with E-state index in [0.717, 1.165) is 23.3 Å². The highest BCUT2D eigenvalue weighted by Crippen LogP contribution is 2.30. The second-order valence-electron chi connectivity index (χ2n) is 6.11. The first-order chi connectivity index (χ1) is 11.3. The molecule has 0 atom stereocenters. The second kappa shape index (κ2) is 5.94. The Morgan fingerprint density at radius 3 is 2.29 bits per heavy atom. The smallest absolute Gasteiger partial charge is 0.387 e. The van der Waals surface area contributed by atoms with E-state index in [-0.39, 0.29) is 12.1 Å². The lowest BCUT2D eigenvalue weighted by Crippen LogP contribution is -2.43. The van der Waals surface area contributed by atoms with Crippen molar-refractivity contribution in [2.75, 3.05) is 6.54 Å². The fraction of sp³-hybridized carbons (Fsp3) is 0.278. The third-order valence-corrected chi connectivity index (χ3v) is 4.19. The molecule has 0 aromatic heterocycles. The summed E-state index contributed by atoms with van der Waals surface area (Å²) in [7, 11) is 0. The first kappa shape index (κ1) is 16.5. The van der Waals surface area contributed by atoms with E-state index in [2.05, 4.69) is 5.32 Å². The van der Waals surface area contributed by atoms with Gasteiger partial charge in [-0.3, -0.25) is 4.79 Å². The van der Waals surface area contributed by atoms with E-state index >= 15 is 0 Å². The van der Waals surface area contributed by atoms with Crippen molar-refractivity contribution >= 4 is 5.91 Å². The fourth-order valence-electron chi connectivity index (χ4n) is 2.98. The summed E-state index contributed by atoms with van der Waals surface area (Å²) in [5, 5.41) is 13.1. The molecular formula is C18H16F3NO2. The van der Waals surface area contributed by atoms with Gasteiger partial charge in [0.05, 0.1) is 11.2 Å². The molecule has 0 saturated carbocycles. The Labute approximate surface area is 137 Å². The number of hydrogen-bond acceptors (Lipinski definition) is 2. The maximum Gasteiger partial charge on any atom is 0.416 e. The fourth-order valence-corrected chi connectivity index (χ4v) is 2.98. The number of hydrogen-bond donors (Lipinski definition) is 2. The minimum Gasteiger partial charge on any atom is -0.387 e. The standard InChI is InChI=1S/C18H16F3NO2/c19-18(20,21)15-7-3-6-12(8-15)16(23)22-11-17(24)9-13-4-1-2-5-14(13)10-17/h1-8,24H,9-11H2,(H,22,23). The average Bonchev–Trinajstić information content (AvgIpc) is 2.88. The molecule has 0 radical (unpaired) electrons. The van der Waals surface area contributed by atoms with Crippen LogP contribution in [0.5, 0.6) is 0 Å². The number of nitrogens with one attached hydrogen (secondary N) is 1. The molecule has 3 nitrogen and oxygen atoms in total. The highest BCUT2D eigenvalue weighted by Gasteiger charge is 2.35. The Balaban J connectivity index is 1.67. The molecule has 0 saturated heterocycles. The predicted molar refractivity (Wildman–Crippen MR) is 82.6 cm³/mol. The summed E-state index contributed by atoms with van der Waals surface area (Å²) in [6.45, 7) is -0.0171. The Bertz CT molecular complexity index is 746. The molecule has 126 valence electrons. The van der Waals surface area contributed by atoms with Crippen molar-refractivity contribution in [2.24, 2.45) is 0 Å². The van der Waals surface area contributed by atoms with Crippen LogP contribution >= 0.6 is 0 Å². The van der Waals surface area contributed by atoms with Crippen LogP contribution in [0.15, 0.2) is 48.5 Å². The molecule has 2 N–H and O–H groups in total. The van der Waals surface area contributed by atoms with Gasteiger partial charge in [-0.1, -0.05) is 30.3 Å². The van der Waals surface area contributed by atoms with Crippen molar-refractivity contribution in [3.8, 4) is 0 Å². The third-order valence-electron chi connectivity index (χ3n) is 4.19. The lowest BCUT2D eigenvalue weighted by molar-refractivity contribution is -0.137. The molecular weight excluding hydrogens is 319 g/mol. The Morgan fingerprint density at radius 2 is 1.71 bits per heavy atom. The van der Waals surface area contributed by atoms with Gasteiger partial charge in [-0.15, -0.1) is 0 Å². The van der Waals surface area contributed by atoms with Gasteiger partial charge >= 0.3 is 6.18 Å². The zero-order valence-electron chi connectivity index (χ0n) is 12.7. The number of amides is 1. The lowest BCUT2D eigenvalue weighted by Gasteiger charge is -2.22. The van der Waals surface area contributed by atoms with E-state index in [1.54, 1.807) is 0 Å². The van der Waals surface area contributed by atoms with Crippen LogP contribution in [0.3, 0.4) is 0 Å². The molecule has 0 fully saturated rings. The zero-order valence-corrected chi connectivity index (χ0v) is 12.7. The lowest BCUT2D eigenvalue weighted by atomic mass is 10.0. The van der Waals surface area contributed by atoms with Gasteiger partial charge in [0.1, 0.15) is 0 Å². The largest absolute Gasteiger partial charge is 0.416 e. The summed E-state index contributed by atoms with van der Waals surface area (Å²) in [6, 6.07) is 11.8. The van der Waals surface area contributed by atoms with Crippen LogP contribution in [0.1, 0.15) is 27.0 Å². The third kappa shape index (κ3) is 3.43. The number of fused-ring (bicyclic) bond motifs is 1. The van der Waals surface area contributed by atoms with Crippen LogP contribution in [0, 0.1) is 0 Å². The molecule has 0 heterocycles. The first-order valence-electron chi connectivity index (χ1n) is 7.51. The number of aliphatic hydroxyl groups is 1. The quantitative estimate of drug-likeness (QED) is 0.906. The van der Waals surface area contributed by atoms with Gasteiger partial charge in [0.25, 0.3) is 5.91 Å².